The van der Waals surface area contributed by atoms with Crippen LogP contribution in [0.15, 0.2) is 18.2 Å². The van der Waals surface area contributed by atoms with Crippen molar-refractivity contribution in [1.82, 2.24) is 0 Å². The molecule has 0 aliphatic rings. The quantitative estimate of drug-likeness (QED) is 0.700. The predicted octanol–water partition coefficient (Wildman–Crippen LogP) is 2.59. The second kappa shape index (κ2) is 7.58. The van der Waals surface area contributed by atoms with Crippen LogP contribution in [0, 0.1) is 0 Å². The number of aryl methyl sites for hydroxylation is 1. The standard InChI is InChI=1S/C14H20O4/c1-4-18-14(15)7-5-6-11-8-9-12(16-2)10-13(11)17-3/h8-10H,4-7H2,1-3H3. The molecule has 0 atom stereocenters. The molecule has 0 bridgehead atoms. The molecule has 0 amide bonds. The molecule has 0 aromatic heterocycles. The lowest BCUT2D eigenvalue weighted by Crippen LogP contribution is -2.04. The Balaban J connectivity index is 2.53. The van der Waals surface area contributed by atoms with Gasteiger partial charge in [0.1, 0.15) is 11.5 Å². The van der Waals surface area contributed by atoms with Gasteiger partial charge in [0.2, 0.25) is 0 Å². The Hall–Kier alpha value is -1.71. The van der Waals surface area contributed by atoms with E-state index >= 15 is 0 Å². The zero-order valence-electron chi connectivity index (χ0n) is 11.2. The minimum absolute atomic E-state index is 0.148. The molecule has 100 valence electrons. The monoisotopic (exact) mass is 252 g/mol. The van der Waals surface area contributed by atoms with Crippen LogP contribution in [0.1, 0.15) is 25.3 Å². The molecule has 0 fully saturated rings. The van der Waals surface area contributed by atoms with Gasteiger partial charge in [-0.05, 0) is 31.4 Å². The second-order valence-corrected chi connectivity index (χ2v) is 3.84. The molecule has 1 rings (SSSR count). The first-order valence-corrected chi connectivity index (χ1v) is 6.07. The molecule has 4 heteroatoms. The number of methoxy groups -OCH3 is 2. The summed E-state index contributed by atoms with van der Waals surface area (Å²) in [6.07, 6.45) is 1.97. The summed E-state index contributed by atoms with van der Waals surface area (Å²) in [5.41, 5.74) is 1.07. The lowest BCUT2D eigenvalue weighted by Gasteiger charge is -2.10. The summed E-state index contributed by atoms with van der Waals surface area (Å²) in [7, 11) is 3.25. The molecule has 1 aromatic rings. The number of hydrogen-bond acceptors (Lipinski definition) is 4. The molecule has 0 saturated heterocycles. The SMILES string of the molecule is CCOC(=O)CCCc1ccc(OC)cc1OC. The first kappa shape index (κ1) is 14.4. The van der Waals surface area contributed by atoms with Crippen molar-refractivity contribution in [2.75, 3.05) is 20.8 Å². The average molecular weight is 252 g/mol. The summed E-state index contributed by atoms with van der Waals surface area (Å²) >= 11 is 0. The van der Waals surface area contributed by atoms with E-state index in [2.05, 4.69) is 0 Å². The van der Waals surface area contributed by atoms with Crippen LogP contribution < -0.4 is 9.47 Å². The molecule has 0 heterocycles. The van der Waals surface area contributed by atoms with Crippen LogP contribution in [0.4, 0.5) is 0 Å². The number of hydrogen-bond donors (Lipinski definition) is 0. The third-order valence-corrected chi connectivity index (χ3v) is 2.63. The number of carbonyl (C=O) groups excluding carboxylic acids is 1. The van der Waals surface area contributed by atoms with E-state index < -0.39 is 0 Å². The Labute approximate surface area is 108 Å². The topological polar surface area (TPSA) is 44.8 Å². The minimum Gasteiger partial charge on any atom is -0.497 e. The van der Waals surface area contributed by atoms with Crippen LogP contribution in [0.5, 0.6) is 11.5 Å². The Morgan fingerprint density at radius 1 is 1.22 bits per heavy atom. The molecule has 0 saturated carbocycles. The van der Waals surface area contributed by atoms with Crippen LogP contribution in [0.3, 0.4) is 0 Å². The molecule has 4 nitrogen and oxygen atoms in total. The third-order valence-electron chi connectivity index (χ3n) is 2.63. The summed E-state index contributed by atoms with van der Waals surface area (Å²) in [4.78, 5) is 11.2. The van der Waals surface area contributed by atoms with Gasteiger partial charge in [-0.25, -0.2) is 0 Å². The van der Waals surface area contributed by atoms with Crippen molar-refractivity contribution in [2.45, 2.75) is 26.2 Å². The lowest BCUT2D eigenvalue weighted by molar-refractivity contribution is -0.143. The summed E-state index contributed by atoms with van der Waals surface area (Å²) in [5.74, 6) is 1.41. The number of esters is 1. The average Bonchev–Trinajstić information content (AvgIpc) is 2.39. The van der Waals surface area contributed by atoms with Gasteiger partial charge in [0.25, 0.3) is 0 Å². The van der Waals surface area contributed by atoms with Crippen LogP contribution >= 0.6 is 0 Å². The van der Waals surface area contributed by atoms with Crippen molar-refractivity contribution in [3.63, 3.8) is 0 Å². The number of benzene rings is 1. The highest BCUT2D eigenvalue weighted by molar-refractivity contribution is 5.69. The minimum atomic E-state index is -0.148. The summed E-state index contributed by atoms with van der Waals surface area (Å²) in [5, 5.41) is 0. The van der Waals surface area contributed by atoms with Crippen molar-refractivity contribution >= 4 is 5.97 Å². The maximum atomic E-state index is 11.2. The van der Waals surface area contributed by atoms with Gasteiger partial charge in [0.05, 0.1) is 20.8 Å². The van der Waals surface area contributed by atoms with Crippen LogP contribution in [0.25, 0.3) is 0 Å². The van der Waals surface area contributed by atoms with Gasteiger partial charge in [-0.2, -0.15) is 0 Å². The zero-order chi connectivity index (χ0) is 13.4. The highest BCUT2D eigenvalue weighted by Crippen LogP contribution is 2.25. The Morgan fingerprint density at radius 2 is 2.00 bits per heavy atom. The summed E-state index contributed by atoms with van der Waals surface area (Å²) in [6, 6.07) is 5.70. The molecule has 0 N–H and O–H groups in total. The second-order valence-electron chi connectivity index (χ2n) is 3.84. The van der Waals surface area contributed by atoms with E-state index in [1.807, 2.05) is 25.1 Å². The first-order chi connectivity index (χ1) is 8.71. The fraction of sp³-hybridized carbons (Fsp3) is 0.500. The third kappa shape index (κ3) is 4.28. The van der Waals surface area contributed by atoms with Gasteiger partial charge in [-0.15, -0.1) is 0 Å². The molecule has 0 aliphatic heterocycles. The normalized spacial score (nSPS) is 9.94. The largest absolute Gasteiger partial charge is 0.497 e. The molecular weight excluding hydrogens is 232 g/mol. The number of rotatable bonds is 7. The molecular formula is C14H20O4. The van der Waals surface area contributed by atoms with Crippen molar-refractivity contribution in [2.24, 2.45) is 0 Å². The van der Waals surface area contributed by atoms with Crippen molar-refractivity contribution in [3.05, 3.63) is 23.8 Å². The van der Waals surface area contributed by atoms with Gasteiger partial charge >= 0.3 is 5.97 Å². The zero-order valence-corrected chi connectivity index (χ0v) is 11.2. The maximum absolute atomic E-state index is 11.2. The van der Waals surface area contributed by atoms with Gasteiger partial charge < -0.3 is 14.2 Å². The fourth-order valence-electron chi connectivity index (χ4n) is 1.71. The van der Waals surface area contributed by atoms with Gasteiger partial charge in [0, 0.05) is 12.5 Å². The lowest BCUT2D eigenvalue weighted by atomic mass is 10.1. The molecule has 0 unspecified atom stereocenters. The number of ether oxygens (including phenoxy) is 3. The van der Waals surface area contributed by atoms with E-state index in [0.717, 1.165) is 29.9 Å². The predicted molar refractivity (Wildman–Crippen MR) is 69.1 cm³/mol. The van der Waals surface area contributed by atoms with Crippen molar-refractivity contribution in [3.8, 4) is 11.5 Å². The van der Waals surface area contributed by atoms with E-state index in [1.54, 1.807) is 14.2 Å². The van der Waals surface area contributed by atoms with Crippen molar-refractivity contribution < 1.29 is 19.0 Å². The number of carbonyl (C=O) groups is 1. The van der Waals surface area contributed by atoms with Crippen LogP contribution in [-0.4, -0.2) is 26.8 Å². The smallest absolute Gasteiger partial charge is 0.305 e. The van der Waals surface area contributed by atoms with Crippen molar-refractivity contribution in [1.29, 1.82) is 0 Å². The highest BCUT2D eigenvalue weighted by atomic mass is 16.5. The summed E-state index contributed by atoms with van der Waals surface area (Å²) < 4.78 is 15.3. The first-order valence-electron chi connectivity index (χ1n) is 6.07. The van der Waals surface area contributed by atoms with Crippen LogP contribution in [-0.2, 0) is 16.0 Å². The molecule has 18 heavy (non-hydrogen) atoms. The summed E-state index contributed by atoms with van der Waals surface area (Å²) in [6.45, 7) is 2.25. The Bertz CT molecular complexity index is 387. The van der Waals surface area contributed by atoms with E-state index in [0.29, 0.717) is 13.0 Å². The maximum Gasteiger partial charge on any atom is 0.305 e. The van der Waals surface area contributed by atoms with E-state index in [1.165, 1.54) is 0 Å². The van der Waals surface area contributed by atoms with Gasteiger partial charge in [0.15, 0.2) is 0 Å². The van der Waals surface area contributed by atoms with Crippen LogP contribution in [0.2, 0.25) is 0 Å². The van der Waals surface area contributed by atoms with E-state index in [-0.39, 0.29) is 5.97 Å². The molecule has 1 aromatic carbocycles. The molecule has 0 radical (unpaired) electrons. The van der Waals surface area contributed by atoms with Gasteiger partial charge in [-0.1, -0.05) is 6.07 Å². The Morgan fingerprint density at radius 3 is 2.61 bits per heavy atom. The molecule has 0 spiro atoms. The van der Waals surface area contributed by atoms with E-state index in [9.17, 15) is 4.79 Å². The molecule has 0 aliphatic carbocycles. The van der Waals surface area contributed by atoms with E-state index in [4.69, 9.17) is 14.2 Å². The van der Waals surface area contributed by atoms with Gasteiger partial charge in [-0.3, -0.25) is 4.79 Å². The fourth-order valence-corrected chi connectivity index (χ4v) is 1.71. The Kier molecular flexibility index (Phi) is 6.05. The highest BCUT2D eigenvalue weighted by Gasteiger charge is 2.07.